The monoisotopic (exact) mass is 379 g/mol. The van der Waals surface area contributed by atoms with Crippen LogP contribution in [0, 0.1) is 5.82 Å². The maximum absolute atomic E-state index is 13.0. The highest BCUT2D eigenvalue weighted by molar-refractivity contribution is 7.22. The molecular weight excluding hydrogens is 365 g/mol. The molecule has 5 nitrogen and oxygen atoms in total. The fourth-order valence-electron chi connectivity index (χ4n) is 2.67. The molecule has 4 rings (SSSR count). The van der Waals surface area contributed by atoms with E-state index in [1.54, 1.807) is 12.1 Å². The van der Waals surface area contributed by atoms with E-state index >= 15 is 0 Å². The van der Waals surface area contributed by atoms with Gasteiger partial charge in [-0.05, 0) is 35.9 Å². The Balaban J connectivity index is 1.56. The molecule has 2 aromatic heterocycles. The van der Waals surface area contributed by atoms with Gasteiger partial charge in [-0.25, -0.2) is 9.37 Å². The van der Waals surface area contributed by atoms with Gasteiger partial charge in [-0.3, -0.25) is 14.9 Å². The van der Waals surface area contributed by atoms with Crippen molar-refractivity contribution >= 4 is 32.6 Å². The standard InChI is InChI=1S/C20H14FN3O2S/c21-15-8-5-13(6-9-15)11-24-12-14(7-10-18(24)25)19(26)23-20-22-16-3-1-2-4-17(16)27-20/h1-10,12H,11H2,(H,22,23,26). The highest BCUT2D eigenvalue weighted by Gasteiger charge is 2.11. The summed E-state index contributed by atoms with van der Waals surface area (Å²) in [5, 5.41) is 3.27. The number of nitrogens with one attached hydrogen (secondary N) is 1. The molecule has 1 N–H and O–H groups in total. The third-order valence-corrected chi connectivity index (χ3v) is 4.98. The molecule has 0 saturated carbocycles. The van der Waals surface area contributed by atoms with Crippen molar-refractivity contribution in [2.24, 2.45) is 0 Å². The van der Waals surface area contributed by atoms with Crippen LogP contribution in [0.5, 0.6) is 0 Å². The fourth-order valence-corrected chi connectivity index (χ4v) is 3.53. The third-order valence-electron chi connectivity index (χ3n) is 4.03. The number of carbonyl (C=O) groups excluding carboxylic acids is 1. The molecule has 1 amide bonds. The lowest BCUT2D eigenvalue weighted by atomic mass is 10.2. The molecule has 0 radical (unpaired) electrons. The van der Waals surface area contributed by atoms with Crippen LogP contribution < -0.4 is 10.9 Å². The van der Waals surface area contributed by atoms with E-state index in [1.165, 1.54) is 46.4 Å². The molecule has 4 aromatic rings. The quantitative estimate of drug-likeness (QED) is 0.585. The zero-order chi connectivity index (χ0) is 18.8. The number of para-hydroxylation sites is 1. The number of nitrogens with zero attached hydrogens (tertiary/aromatic N) is 2. The van der Waals surface area contributed by atoms with E-state index in [2.05, 4.69) is 10.3 Å². The number of aromatic nitrogens is 2. The first-order chi connectivity index (χ1) is 13.1. The van der Waals surface area contributed by atoms with Gasteiger partial charge in [-0.15, -0.1) is 0 Å². The van der Waals surface area contributed by atoms with Crippen LogP contribution in [0.4, 0.5) is 9.52 Å². The Morgan fingerprint density at radius 3 is 2.63 bits per heavy atom. The molecule has 27 heavy (non-hydrogen) atoms. The number of hydrogen-bond donors (Lipinski definition) is 1. The Kier molecular flexibility index (Phi) is 4.52. The summed E-state index contributed by atoms with van der Waals surface area (Å²) in [5.74, 6) is -0.683. The van der Waals surface area contributed by atoms with Crippen LogP contribution in [0.1, 0.15) is 15.9 Å². The molecule has 0 unspecified atom stereocenters. The SMILES string of the molecule is O=C(Nc1nc2ccccc2s1)c1ccc(=O)n(Cc2ccc(F)cc2)c1. The van der Waals surface area contributed by atoms with Gasteiger partial charge in [0, 0.05) is 12.3 Å². The van der Waals surface area contributed by atoms with Crippen LogP contribution in [0.2, 0.25) is 0 Å². The van der Waals surface area contributed by atoms with Crippen molar-refractivity contribution < 1.29 is 9.18 Å². The summed E-state index contributed by atoms with van der Waals surface area (Å²) >= 11 is 1.38. The van der Waals surface area contributed by atoms with E-state index in [0.717, 1.165) is 15.8 Å². The maximum Gasteiger partial charge on any atom is 0.258 e. The second-order valence-corrected chi connectivity index (χ2v) is 6.98. The van der Waals surface area contributed by atoms with Crippen molar-refractivity contribution in [2.75, 3.05) is 5.32 Å². The zero-order valence-corrected chi connectivity index (χ0v) is 14.9. The van der Waals surface area contributed by atoms with Crippen molar-refractivity contribution in [3.63, 3.8) is 0 Å². The number of carbonyl (C=O) groups is 1. The topological polar surface area (TPSA) is 64.0 Å². The van der Waals surface area contributed by atoms with E-state index in [-0.39, 0.29) is 23.8 Å². The first-order valence-corrected chi connectivity index (χ1v) is 9.02. The fraction of sp³-hybridized carbons (Fsp3) is 0.0500. The Morgan fingerprint density at radius 2 is 1.85 bits per heavy atom. The average Bonchev–Trinajstić information content (AvgIpc) is 3.07. The molecule has 0 atom stereocenters. The summed E-state index contributed by atoms with van der Waals surface area (Å²) in [7, 11) is 0. The second-order valence-electron chi connectivity index (χ2n) is 5.95. The van der Waals surface area contributed by atoms with Crippen LogP contribution >= 0.6 is 11.3 Å². The molecule has 134 valence electrons. The zero-order valence-electron chi connectivity index (χ0n) is 14.1. The van der Waals surface area contributed by atoms with Crippen LogP contribution in [0.15, 0.2) is 71.7 Å². The number of thiazole rings is 1. The van der Waals surface area contributed by atoms with Gasteiger partial charge in [0.15, 0.2) is 5.13 Å². The molecular formula is C20H14FN3O2S. The molecule has 0 spiro atoms. The van der Waals surface area contributed by atoms with Crippen LogP contribution in [0.3, 0.4) is 0 Å². The number of anilines is 1. The first kappa shape index (κ1) is 17.1. The molecule has 7 heteroatoms. The van der Waals surface area contributed by atoms with E-state index in [4.69, 9.17) is 0 Å². The average molecular weight is 379 g/mol. The van der Waals surface area contributed by atoms with Crippen molar-refractivity contribution in [3.05, 3.63) is 94.2 Å². The lowest BCUT2D eigenvalue weighted by Gasteiger charge is -2.08. The largest absolute Gasteiger partial charge is 0.310 e. The Bertz CT molecular complexity index is 1150. The third kappa shape index (κ3) is 3.78. The van der Waals surface area contributed by atoms with Crippen LogP contribution in [-0.2, 0) is 6.54 Å². The first-order valence-electron chi connectivity index (χ1n) is 8.20. The highest BCUT2D eigenvalue weighted by Crippen LogP contribution is 2.25. The molecule has 0 aliphatic carbocycles. The number of fused-ring (bicyclic) bond motifs is 1. The number of hydrogen-bond acceptors (Lipinski definition) is 4. The predicted octanol–water partition coefficient (Wildman–Crippen LogP) is 3.90. The highest BCUT2D eigenvalue weighted by atomic mass is 32.1. The van der Waals surface area contributed by atoms with E-state index < -0.39 is 0 Å². The summed E-state index contributed by atoms with van der Waals surface area (Å²) in [6.07, 6.45) is 1.49. The second kappa shape index (κ2) is 7.13. The van der Waals surface area contributed by atoms with Crippen molar-refractivity contribution in [1.82, 2.24) is 9.55 Å². The van der Waals surface area contributed by atoms with E-state index in [9.17, 15) is 14.0 Å². The lowest BCUT2D eigenvalue weighted by molar-refractivity contribution is 0.102. The molecule has 0 aliphatic heterocycles. The number of amides is 1. The number of pyridine rings is 1. The van der Waals surface area contributed by atoms with Crippen LogP contribution in [0.25, 0.3) is 10.2 Å². The van der Waals surface area contributed by atoms with Gasteiger partial charge in [0.05, 0.1) is 22.3 Å². The predicted molar refractivity (Wildman–Crippen MR) is 104 cm³/mol. The van der Waals surface area contributed by atoms with Crippen molar-refractivity contribution in [1.29, 1.82) is 0 Å². The van der Waals surface area contributed by atoms with Gasteiger partial charge >= 0.3 is 0 Å². The number of rotatable bonds is 4. The maximum atomic E-state index is 13.0. The van der Waals surface area contributed by atoms with Gasteiger partial charge in [0.1, 0.15) is 5.82 Å². The van der Waals surface area contributed by atoms with Gasteiger partial charge in [-0.2, -0.15) is 0 Å². The summed E-state index contributed by atoms with van der Waals surface area (Å²) in [4.78, 5) is 29.0. The Hall–Kier alpha value is -3.32. The summed E-state index contributed by atoms with van der Waals surface area (Å²) < 4.78 is 15.4. The smallest absolute Gasteiger partial charge is 0.258 e. The van der Waals surface area contributed by atoms with E-state index in [0.29, 0.717) is 10.7 Å². The van der Waals surface area contributed by atoms with Gasteiger partial charge in [-0.1, -0.05) is 35.6 Å². The molecule has 0 bridgehead atoms. The lowest BCUT2D eigenvalue weighted by Crippen LogP contribution is -2.22. The summed E-state index contributed by atoms with van der Waals surface area (Å²) in [6, 6.07) is 16.3. The number of benzene rings is 2. The van der Waals surface area contributed by atoms with Crippen molar-refractivity contribution in [3.8, 4) is 0 Å². The minimum Gasteiger partial charge on any atom is -0.310 e. The van der Waals surface area contributed by atoms with Gasteiger partial charge < -0.3 is 4.57 Å². The molecule has 0 fully saturated rings. The normalized spacial score (nSPS) is 10.9. The molecule has 2 heterocycles. The van der Waals surface area contributed by atoms with Crippen LogP contribution in [-0.4, -0.2) is 15.5 Å². The molecule has 0 saturated heterocycles. The summed E-state index contributed by atoms with van der Waals surface area (Å²) in [6.45, 7) is 0.251. The van der Waals surface area contributed by atoms with Gasteiger partial charge in [0.2, 0.25) is 0 Å². The molecule has 0 aliphatic rings. The Morgan fingerprint density at radius 1 is 1.07 bits per heavy atom. The van der Waals surface area contributed by atoms with Gasteiger partial charge in [0.25, 0.3) is 11.5 Å². The molecule has 2 aromatic carbocycles. The minimum absolute atomic E-state index is 0.240. The Labute approximate surface area is 157 Å². The summed E-state index contributed by atoms with van der Waals surface area (Å²) in [5.41, 5.74) is 1.69. The minimum atomic E-state index is -0.345. The number of halogens is 1. The van der Waals surface area contributed by atoms with Crippen molar-refractivity contribution in [2.45, 2.75) is 6.54 Å². The van der Waals surface area contributed by atoms with E-state index in [1.807, 2.05) is 24.3 Å².